The lowest BCUT2D eigenvalue weighted by Gasteiger charge is -2.19. The zero-order valence-corrected chi connectivity index (χ0v) is 15.1. The van der Waals surface area contributed by atoms with E-state index in [2.05, 4.69) is 5.32 Å². The first kappa shape index (κ1) is 19.4. The Kier molecular flexibility index (Phi) is 7.14. The van der Waals surface area contributed by atoms with Gasteiger partial charge in [0.2, 0.25) is 5.91 Å². The zero-order valence-electron chi connectivity index (χ0n) is 15.1. The molecule has 1 heterocycles. The predicted molar refractivity (Wildman–Crippen MR) is 98.5 cm³/mol. The third-order valence-corrected chi connectivity index (χ3v) is 3.75. The molecule has 1 N–H and O–H groups in total. The fraction of sp³-hybridized carbons (Fsp3) is 0.350. The van der Waals surface area contributed by atoms with Gasteiger partial charge in [0, 0.05) is 25.2 Å². The Hall–Kier alpha value is -2.89. The Morgan fingerprint density at radius 1 is 1.08 bits per heavy atom. The van der Waals surface area contributed by atoms with Crippen molar-refractivity contribution in [1.82, 2.24) is 9.88 Å². The SMILES string of the molecule is CC(C)OC(=O)CC(NC(=O)CCn1ccccc1=O)c1ccccc1. The van der Waals surface area contributed by atoms with Crippen molar-refractivity contribution in [3.63, 3.8) is 0 Å². The molecule has 2 rings (SSSR count). The molecule has 1 amide bonds. The van der Waals surface area contributed by atoms with Crippen LogP contribution >= 0.6 is 0 Å². The maximum atomic E-state index is 12.3. The Bertz CT molecular complexity index is 784. The average Bonchev–Trinajstić information content (AvgIpc) is 2.60. The second-order valence-electron chi connectivity index (χ2n) is 6.26. The van der Waals surface area contributed by atoms with Gasteiger partial charge >= 0.3 is 5.97 Å². The molecule has 2 aromatic rings. The van der Waals surface area contributed by atoms with Gasteiger partial charge in [0.25, 0.3) is 5.56 Å². The standard InChI is InChI=1S/C20H24N2O4/c1-15(2)26-20(25)14-17(16-8-4-3-5-9-16)21-18(23)11-13-22-12-7-6-10-19(22)24/h3-10,12,15,17H,11,13-14H2,1-2H3,(H,21,23). The van der Waals surface area contributed by atoms with Crippen LogP contribution in [0.2, 0.25) is 0 Å². The summed E-state index contributed by atoms with van der Waals surface area (Å²) in [6, 6.07) is 13.7. The van der Waals surface area contributed by atoms with Crippen LogP contribution in [0.3, 0.4) is 0 Å². The van der Waals surface area contributed by atoms with E-state index in [0.29, 0.717) is 0 Å². The van der Waals surface area contributed by atoms with Gasteiger partial charge < -0.3 is 14.6 Å². The van der Waals surface area contributed by atoms with Crippen LogP contribution in [-0.4, -0.2) is 22.5 Å². The van der Waals surface area contributed by atoms with Crippen molar-refractivity contribution in [1.29, 1.82) is 0 Å². The van der Waals surface area contributed by atoms with Crippen molar-refractivity contribution in [2.45, 2.75) is 45.4 Å². The van der Waals surface area contributed by atoms with Crippen LogP contribution in [0.5, 0.6) is 0 Å². The van der Waals surface area contributed by atoms with Gasteiger partial charge in [0.05, 0.1) is 18.6 Å². The van der Waals surface area contributed by atoms with E-state index >= 15 is 0 Å². The molecule has 0 fully saturated rings. The number of nitrogens with one attached hydrogen (secondary N) is 1. The highest BCUT2D eigenvalue weighted by Gasteiger charge is 2.20. The summed E-state index contributed by atoms with van der Waals surface area (Å²) < 4.78 is 6.67. The molecule has 0 saturated carbocycles. The van der Waals surface area contributed by atoms with Crippen molar-refractivity contribution < 1.29 is 14.3 Å². The van der Waals surface area contributed by atoms with Crippen molar-refractivity contribution in [3.8, 4) is 0 Å². The Morgan fingerprint density at radius 2 is 1.77 bits per heavy atom. The quantitative estimate of drug-likeness (QED) is 0.737. The van der Waals surface area contributed by atoms with Crippen LogP contribution in [0.4, 0.5) is 0 Å². The normalized spacial score (nSPS) is 11.8. The average molecular weight is 356 g/mol. The van der Waals surface area contributed by atoms with E-state index in [9.17, 15) is 14.4 Å². The first-order valence-corrected chi connectivity index (χ1v) is 8.65. The van der Waals surface area contributed by atoms with Crippen molar-refractivity contribution in [3.05, 3.63) is 70.6 Å². The molecule has 0 aliphatic heterocycles. The van der Waals surface area contributed by atoms with Gasteiger partial charge in [-0.2, -0.15) is 0 Å². The minimum absolute atomic E-state index is 0.0548. The molecular weight excluding hydrogens is 332 g/mol. The summed E-state index contributed by atoms with van der Waals surface area (Å²) >= 11 is 0. The van der Waals surface area contributed by atoms with Crippen molar-refractivity contribution in [2.24, 2.45) is 0 Å². The third kappa shape index (κ3) is 6.20. The molecule has 6 heteroatoms. The number of hydrogen-bond donors (Lipinski definition) is 1. The Labute approximate surface area is 152 Å². The lowest BCUT2D eigenvalue weighted by atomic mass is 10.0. The molecule has 6 nitrogen and oxygen atoms in total. The molecule has 0 aliphatic carbocycles. The highest BCUT2D eigenvalue weighted by molar-refractivity contribution is 5.78. The second kappa shape index (κ2) is 9.56. The van der Waals surface area contributed by atoms with Gasteiger partial charge in [0.15, 0.2) is 0 Å². The molecule has 0 bridgehead atoms. The van der Waals surface area contributed by atoms with Crippen LogP contribution < -0.4 is 10.9 Å². The topological polar surface area (TPSA) is 77.4 Å². The molecule has 0 radical (unpaired) electrons. The minimum Gasteiger partial charge on any atom is -0.463 e. The lowest BCUT2D eigenvalue weighted by Crippen LogP contribution is -2.32. The van der Waals surface area contributed by atoms with E-state index in [1.54, 1.807) is 32.2 Å². The van der Waals surface area contributed by atoms with Gasteiger partial charge in [-0.15, -0.1) is 0 Å². The number of nitrogens with zero attached hydrogens (tertiary/aromatic N) is 1. The number of carbonyl (C=O) groups excluding carboxylic acids is 2. The molecule has 1 aromatic heterocycles. The smallest absolute Gasteiger partial charge is 0.308 e. The maximum absolute atomic E-state index is 12.3. The van der Waals surface area contributed by atoms with Gasteiger partial charge in [-0.3, -0.25) is 14.4 Å². The number of esters is 1. The number of amides is 1. The van der Waals surface area contributed by atoms with Crippen LogP contribution in [-0.2, 0) is 20.9 Å². The summed E-state index contributed by atoms with van der Waals surface area (Å²) in [6.07, 6.45) is 1.63. The van der Waals surface area contributed by atoms with Crippen LogP contribution in [0.25, 0.3) is 0 Å². The zero-order chi connectivity index (χ0) is 18.9. The predicted octanol–water partition coefficient (Wildman–Crippen LogP) is 2.44. The largest absolute Gasteiger partial charge is 0.463 e. The summed E-state index contributed by atoms with van der Waals surface area (Å²) in [5.41, 5.74) is 0.679. The number of pyridine rings is 1. The first-order chi connectivity index (χ1) is 12.5. The van der Waals surface area contributed by atoms with Gasteiger partial charge in [-0.1, -0.05) is 36.4 Å². The monoisotopic (exact) mass is 356 g/mol. The Balaban J connectivity index is 2.01. The molecule has 1 atom stereocenters. The molecule has 1 unspecified atom stereocenters. The maximum Gasteiger partial charge on any atom is 0.308 e. The Morgan fingerprint density at radius 3 is 2.42 bits per heavy atom. The van der Waals surface area contributed by atoms with Crippen molar-refractivity contribution in [2.75, 3.05) is 0 Å². The number of benzene rings is 1. The van der Waals surface area contributed by atoms with Gasteiger partial charge in [0.1, 0.15) is 0 Å². The number of aryl methyl sites for hydroxylation is 1. The fourth-order valence-corrected chi connectivity index (χ4v) is 2.55. The van der Waals surface area contributed by atoms with E-state index in [4.69, 9.17) is 4.74 Å². The van der Waals surface area contributed by atoms with Crippen LogP contribution in [0.1, 0.15) is 38.3 Å². The van der Waals surface area contributed by atoms with E-state index in [0.717, 1.165) is 5.56 Å². The van der Waals surface area contributed by atoms with E-state index < -0.39 is 6.04 Å². The number of hydrogen-bond acceptors (Lipinski definition) is 4. The third-order valence-electron chi connectivity index (χ3n) is 3.75. The number of ether oxygens (including phenoxy) is 1. The van der Waals surface area contributed by atoms with E-state index in [-0.39, 0.29) is 42.9 Å². The second-order valence-corrected chi connectivity index (χ2v) is 6.26. The van der Waals surface area contributed by atoms with Gasteiger partial charge in [-0.25, -0.2) is 0 Å². The van der Waals surface area contributed by atoms with Crippen LogP contribution in [0, 0.1) is 0 Å². The number of carbonyl (C=O) groups is 2. The summed E-state index contributed by atoms with van der Waals surface area (Å²) in [4.78, 5) is 36.1. The lowest BCUT2D eigenvalue weighted by molar-refractivity contribution is -0.148. The molecular formula is C20H24N2O4. The molecule has 1 aromatic carbocycles. The number of aromatic nitrogens is 1. The van der Waals surface area contributed by atoms with E-state index in [1.165, 1.54) is 10.6 Å². The summed E-state index contributed by atoms with van der Waals surface area (Å²) in [5.74, 6) is -0.597. The fourth-order valence-electron chi connectivity index (χ4n) is 2.55. The summed E-state index contributed by atoms with van der Waals surface area (Å²) in [6.45, 7) is 3.85. The summed E-state index contributed by atoms with van der Waals surface area (Å²) in [5, 5.41) is 2.87. The molecule has 138 valence electrons. The highest BCUT2D eigenvalue weighted by Crippen LogP contribution is 2.18. The minimum atomic E-state index is -0.470. The first-order valence-electron chi connectivity index (χ1n) is 8.65. The van der Waals surface area contributed by atoms with Crippen LogP contribution in [0.15, 0.2) is 59.5 Å². The van der Waals surface area contributed by atoms with Crippen molar-refractivity contribution >= 4 is 11.9 Å². The van der Waals surface area contributed by atoms with Gasteiger partial charge in [-0.05, 0) is 25.5 Å². The van der Waals surface area contributed by atoms with E-state index in [1.807, 2.05) is 30.3 Å². The molecule has 0 saturated heterocycles. The summed E-state index contributed by atoms with van der Waals surface area (Å²) in [7, 11) is 0. The molecule has 0 spiro atoms. The molecule has 0 aliphatic rings. The highest BCUT2D eigenvalue weighted by atomic mass is 16.5. The number of rotatable bonds is 8. The molecule has 26 heavy (non-hydrogen) atoms.